The number of ether oxygens (including phenoxy) is 1. The Balaban J connectivity index is 2.34. The van der Waals surface area contributed by atoms with E-state index in [1.54, 1.807) is 19.2 Å². The number of nitrogens with one attached hydrogen (secondary N) is 1. The second-order valence-electron chi connectivity index (χ2n) is 3.70. The van der Waals surface area contributed by atoms with Gasteiger partial charge in [-0.15, -0.1) is 0 Å². The molecule has 0 bridgehead atoms. The lowest BCUT2D eigenvalue weighted by Gasteiger charge is -2.07. The zero-order valence-electron chi connectivity index (χ0n) is 10.3. The van der Waals surface area contributed by atoms with E-state index in [0.29, 0.717) is 18.0 Å². The second-order valence-corrected chi connectivity index (χ2v) is 3.70. The van der Waals surface area contributed by atoms with Crippen molar-refractivity contribution in [2.75, 3.05) is 12.4 Å². The average molecular weight is 281 g/mol. The van der Waals surface area contributed by atoms with Crippen LogP contribution < -0.4 is 10.1 Å². The summed E-state index contributed by atoms with van der Waals surface area (Å²) < 4.78 is 32.1. The van der Waals surface area contributed by atoms with Crippen LogP contribution >= 0.6 is 0 Å². The number of hydrogen-bond donors (Lipinski definition) is 1. The number of aromatic nitrogens is 1. The minimum absolute atomic E-state index is 0.0315. The van der Waals surface area contributed by atoms with Gasteiger partial charge in [-0.05, 0) is 6.07 Å². The normalized spacial score (nSPS) is 10.2. The zero-order valence-corrected chi connectivity index (χ0v) is 10.3. The minimum Gasteiger partial charge on any atom is -0.436 e. The Morgan fingerprint density at radius 2 is 2.05 bits per heavy atom. The summed E-state index contributed by atoms with van der Waals surface area (Å²) in [6.07, 6.45) is 0. The first-order chi connectivity index (χ1) is 9.51. The molecule has 0 saturated carbocycles. The summed E-state index contributed by atoms with van der Waals surface area (Å²) in [5.41, 5.74) is -0.952. The fourth-order valence-electron chi connectivity index (χ4n) is 1.46. The van der Waals surface area contributed by atoms with Gasteiger partial charge < -0.3 is 10.1 Å². The Hall–Kier alpha value is -2.77. The lowest BCUT2D eigenvalue weighted by molar-refractivity contribution is -0.387. The molecule has 0 aliphatic heterocycles. The van der Waals surface area contributed by atoms with Crippen LogP contribution in [0.1, 0.15) is 0 Å². The van der Waals surface area contributed by atoms with Crippen LogP contribution in [0.3, 0.4) is 0 Å². The van der Waals surface area contributed by atoms with Crippen molar-refractivity contribution in [3.63, 3.8) is 0 Å². The molecule has 0 fully saturated rings. The Morgan fingerprint density at radius 3 is 2.70 bits per heavy atom. The quantitative estimate of drug-likeness (QED) is 0.688. The largest absolute Gasteiger partial charge is 0.436 e. The van der Waals surface area contributed by atoms with Gasteiger partial charge in [-0.3, -0.25) is 10.1 Å². The molecule has 2 aromatic rings. The highest BCUT2D eigenvalue weighted by molar-refractivity contribution is 5.42. The van der Waals surface area contributed by atoms with Crippen molar-refractivity contribution >= 4 is 11.5 Å². The molecule has 20 heavy (non-hydrogen) atoms. The topological polar surface area (TPSA) is 77.3 Å². The predicted octanol–water partition coefficient (Wildman–Crippen LogP) is 3.10. The Bertz CT molecular complexity index is 664. The number of halogens is 2. The van der Waals surface area contributed by atoms with E-state index in [4.69, 9.17) is 4.74 Å². The van der Waals surface area contributed by atoms with Gasteiger partial charge in [-0.25, -0.2) is 4.39 Å². The number of rotatable bonds is 4. The maximum absolute atomic E-state index is 13.6. The number of hydrogen-bond acceptors (Lipinski definition) is 5. The van der Waals surface area contributed by atoms with E-state index in [1.165, 1.54) is 6.07 Å². The highest BCUT2D eigenvalue weighted by atomic mass is 19.1. The summed E-state index contributed by atoms with van der Waals surface area (Å²) in [4.78, 5) is 13.4. The summed E-state index contributed by atoms with van der Waals surface area (Å²) in [6.45, 7) is 0. The molecule has 1 heterocycles. The first-order valence-corrected chi connectivity index (χ1v) is 5.47. The summed E-state index contributed by atoms with van der Waals surface area (Å²) in [7, 11) is 1.64. The van der Waals surface area contributed by atoms with E-state index in [2.05, 4.69) is 10.3 Å². The number of nitro benzene ring substituents is 1. The van der Waals surface area contributed by atoms with Crippen LogP contribution in [0.5, 0.6) is 11.6 Å². The third-order valence-electron chi connectivity index (χ3n) is 2.39. The fourth-order valence-corrected chi connectivity index (χ4v) is 1.46. The summed E-state index contributed by atoms with van der Waals surface area (Å²) in [6, 6.07) is 5.78. The zero-order chi connectivity index (χ0) is 14.7. The van der Waals surface area contributed by atoms with E-state index < -0.39 is 28.0 Å². The van der Waals surface area contributed by atoms with E-state index in [0.717, 1.165) is 0 Å². The standard InChI is InChI=1S/C12H9F2N3O3/c1-15-11-3-2-4-12(16-11)20-10-6-7(13)9(17(18)19)5-8(10)14/h2-6H,1H3,(H,15,16). The monoisotopic (exact) mass is 281 g/mol. The van der Waals surface area contributed by atoms with Gasteiger partial charge in [-0.2, -0.15) is 9.37 Å². The lowest BCUT2D eigenvalue weighted by Crippen LogP contribution is -1.98. The molecule has 2 rings (SSSR count). The Morgan fingerprint density at radius 1 is 1.30 bits per heavy atom. The van der Waals surface area contributed by atoms with Gasteiger partial charge in [0, 0.05) is 19.2 Å². The Labute approximate surface area is 112 Å². The van der Waals surface area contributed by atoms with E-state index >= 15 is 0 Å². The first kappa shape index (κ1) is 13.7. The van der Waals surface area contributed by atoms with Crippen LogP contribution in [-0.2, 0) is 0 Å². The molecule has 0 unspecified atom stereocenters. The van der Waals surface area contributed by atoms with Crippen LogP contribution in [0.25, 0.3) is 0 Å². The number of anilines is 1. The molecule has 104 valence electrons. The van der Waals surface area contributed by atoms with Gasteiger partial charge >= 0.3 is 5.69 Å². The van der Waals surface area contributed by atoms with Crippen molar-refractivity contribution in [3.05, 3.63) is 52.1 Å². The first-order valence-electron chi connectivity index (χ1n) is 5.47. The molecule has 0 aliphatic carbocycles. The maximum atomic E-state index is 13.6. The van der Waals surface area contributed by atoms with Crippen LogP contribution in [0, 0.1) is 21.7 Å². The smallest absolute Gasteiger partial charge is 0.307 e. The van der Waals surface area contributed by atoms with Crippen molar-refractivity contribution < 1.29 is 18.4 Å². The van der Waals surface area contributed by atoms with E-state index in [1.807, 2.05) is 0 Å². The molecule has 0 radical (unpaired) electrons. The van der Waals surface area contributed by atoms with Crippen LogP contribution in [0.4, 0.5) is 20.3 Å². The minimum atomic E-state index is -1.18. The number of nitro groups is 1. The molecule has 0 amide bonds. The van der Waals surface area contributed by atoms with E-state index in [-0.39, 0.29) is 5.88 Å². The van der Waals surface area contributed by atoms with Crippen molar-refractivity contribution in [1.29, 1.82) is 0 Å². The third kappa shape index (κ3) is 2.79. The van der Waals surface area contributed by atoms with Gasteiger partial charge in [0.25, 0.3) is 0 Å². The van der Waals surface area contributed by atoms with Crippen LogP contribution in [0.15, 0.2) is 30.3 Å². The molecule has 8 heteroatoms. The molecule has 0 spiro atoms. The number of benzene rings is 1. The summed E-state index contributed by atoms with van der Waals surface area (Å²) >= 11 is 0. The lowest BCUT2D eigenvalue weighted by atomic mass is 10.3. The van der Waals surface area contributed by atoms with Gasteiger partial charge in [0.1, 0.15) is 5.82 Å². The average Bonchev–Trinajstić information content (AvgIpc) is 2.42. The molecule has 1 aromatic heterocycles. The van der Waals surface area contributed by atoms with Gasteiger partial charge in [-0.1, -0.05) is 6.07 Å². The van der Waals surface area contributed by atoms with Crippen LogP contribution in [-0.4, -0.2) is 17.0 Å². The van der Waals surface area contributed by atoms with Gasteiger partial charge in [0.2, 0.25) is 11.7 Å². The molecule has 1 aromatic carbocycles. The number of pyridine rings is 1. The maximum Gasteiger partial charge on any atom is 0.307 e. The SMILES string of the molecule is CNc1cccc(Oc2cc(F)c([N+](=O)[O-])cc2F)n1. The highest BCUT2D eigenvalue weighted by Crippen LogP contribution is 2.29. The number of nitrogens with zero attached hydrogens (tertiary/aromatic N) is 2. The van der Waals surface area contributed by atoms with Crippen molar-refractivity contribution in [3.8, 4) is 11.6 Å². The van der Waals surface area contributed by atoms with Gasteiger partial charge in [0.15, 0.2) is 11.6 Å². The fraction of sp³-hybridized carbons (Fsp3) is 0.0833. The highest BCUT2D eigenvalue weighted by Gasteiger charge is 2.19. The molecular weight excluding hydrogens is 272 g/mol. The molecule has 0 saturated heterocycles. The molecule has 0 atom stereocenters. The Kier molecular flexibility index (Phi) is 3.74. The van der Waals surface area contributed by atoms with Crippen molar-refractivity contribution in [1.82, 2.24) is 4.98 Å². The summed E-state index contributed by atoms with van der Waals surface area (Å²) in [5.74, 6) is -2.20. The van der Waals surface area contributed by atoms with Gasteiger partial charge in [0.05, 0.1) is 11.0 Å². The van der Waals surface area contributed by atoms with Crippen molar-refractivity contribution in [2.24, 2.45) is 0 Å². The van der Waals surface area contributed by atoms with Crippen molar-refractivity contribution in [2.45, 2.75) is 0 Å². The predicted molar refractivity (Wildman–Crippen MR) is 66.9 cm³/mol. The van der Waals surface area contributed by atoms with E-state index in [9.17, 15) is 18.9 Å². The second kappa shape index (κ2) is 5.47. The van der Waals surface area contributed by atoms with Crippen LogP contribution in [0.2, 0.25) is 0 Å². The molecule has 0 aliphatic rings. The third-order valence-corrected chi connectivity index (χ3v) is 2.39. The molecular formula is C12H9F2N3O3. The molecule has 6 nitrogen and oxygen atoms in total. The molecule has 1 N–H and O–H groups in total. The summed E-state index contributed by atoms with van der Waals surface area (Å²) in [5, 5.41) is 13.2.